The normalized spacial score (nSPS) is 11.7. The highest BCUT2D eigenvalue weighted by atomic mass is 32.1. The number of thiophene rings is 1. The largest absolute Gasteiger partial charge is 0.489 e. The number of ether oxygens (including phenoxy) is 1. The Balaban J connectivity index is 1.33. The maximum Gasteiger partial charge on any atom is 0.185 e. The topological polar surface area (TPSA) is 63.7 Å². The van der Waals surface area contributed by atoms with Crippen LogP contribution in [-0.2, 0) is 13.0 Å². The van der Waals surface area contributed by atoms with Crippen molar-refractivity contribution in [3.8, 4) is 28.7 Å². The van der Waals surface area contributed by atoms with Crippen LogP contribution in [-0.4, -0.2) is 20.6 Å². The van der Waals surface area contributed by atoms with Crippen molar-refractivity contribution in [2.45, 2.75) is 32.8 Å². The van der Waals surface area contributed by atoms with Gasteiger partial charge in [0.05, 0.1) is 5.92 Å². The summed E-state index contributed by atoms with van der Waals surface area (Å²) in [5, 5.41) is 14.8. The van der Waals surface area contributed by atoms with Gasteiger partial charge in [0, 0.05) is 22.1 Å². The van der Waals surface area contributed by atoms with Gasteiger partial charge in [0.1, 0.15) is 18.2 Å². The maximum atomic E-state index is 14.9. The number of fused-ring (bicyclic) bond motifs is 1. The number of hydrogen-bond donors (Lipinski definition) is 1. The lowest BCUT2D eigenvalue weighted by Crippen LogP contribution is -2.03. The van der Waals surface area contributed by atoms with Crippen LogP contribution in [0.1, 0.15) is 35.4 Å². The molecule has 5 aromatic rings. The molecular formula is C28H23FN4OS. The second-order valence-corrected chi connectivity index (χ2v) is 9.26. The molecule has 0 bridgehead atoms. The van der Waals surface area contributed by atoms with E-state index in [1.165, 1.54) is 11.3 Å². The van der Waals surface area contributed by atoms with E-state index in [-0.39, 0.29) is 11.0 Å². The van der Waals surface area contributed by atoms with Crippen LogP contribution < -0.4 is 4.74 Å². The number of aromatic amines is 1. The quantitative estimate of drug-likeness (QED) is 0.271. The molecular weight excluding hydrogens is 459 g/mol. The molecule has 0 aliphatic rings. The zero-order valence-electron chi connectivity index (χ0n) is 19.4. The molecule has 3 aromatic carbocycles. The third-order valence-corrected chi connectivity index (χ3v) is 6.88. The first-order valence-corrected chi connectivity index (χ1v) is 12.1. The number of rotatable bonds is 7. The van der Waals surface area contributed by atoms with Crippen molar-refractivity contribution in [3.63, 3.8) is 0 Å². The van der Waals surface area contributed by atoms with Crippen molar-refractivity contribution in [1.82, 2.24) is 20.6 Å². The molecule has 35 heavy (non-hydrogen) atoms. The number of nitrogens with zero attached hydrogens (tertiary/aromatic N) is 3. The highest BCUT2D eigenvalue weighted by Crippen LogP contribution is 2.39. The molecule has 0 aliphatic heterocycles. The number of aromatic nitrogens is 4. The lowest BCUT2D eigenvalue weighted by molar-refractivity contribution is 0.306. The van der Waals surface area contributed by atoms with Crippen molar-refractivity contribution in [2.75, 3.05) is 0 Å². The van der Waals surface area contributed by atoms with Crippen LogP contribution in [0.25, 0.3) is 21.2 Å². The molecule has 0 radical (unpaired) electrons. The van der Waals surface area contributed by atoms with E-state index in [0.717, 1.165) is 38.1 Å². The van der Waals surface area contributed by atoms with Crippen LogP contribution in [0.3, 0.4) is 0 Å². The minimum absolute atomic E-state index is 0.0143. The highest BCUT2D eigenvalue weighted by Gasteiger charge is 2.16. The predicted octanol–water partition coefficient (Wildman–Crippen LogP) is 6.46. The van der Waals surface area contributed by atoms with Crippen molar-refractivity contribution in [2.24, 2.45) is 0 Å². The van der Waals surface area contributed by atoms with Crippen molar-refractivity contribution in [3.05, 3.63) is 94.4 Å². The van der Waals surface area contributed by atoms with E-state index in [1.54, 1.807) is 0 Å². The number of H-pyrrole nitrogens is 1. The maximum absolute atomic E-state index is 14.9. The average Bonchev–Trinajstić information content (AvgIpc) is 3.50. The number of aryl methyl sites for hydroxylation is 1. The Bertz CT molecular complexity index is 1510. The Labute approximate surface area is 207 Å². The summed E-state index contributed by atoms with van der Waals surface area (Å²) in [6.07, 6.45) is 0.606. The highest BCUT2D eigenvalue weighted by molar-refractivity contribution is 7.18. The minimum Gasteiger partial charge on any atom is -0.489 e. The van der Waals surface area contributed by atoms with E-state index in [1.807, 2.05) is 80.6 Å². The SMILES string of the molecule is CC#CC(Cc1nnn[nH]1)c1ccc(OCc2ccc3sc(F)c(-c4ccccc4C)c3c2)cc1. The van der Waals surface area contributed by atoms with Gasteiger partial charge in [-0.3, -0.25) is 0 Å². The van der Waals surface area contributed by atoms with Crippen LogP contribution in [0, 0.1) is 23.9 Å². The predicted molar refractivity (Wildman–Crippen MR) is 137 cm³/mol. The number of nitrogens with one attached hydrogen (secondary N) is 1. The van der Waals surface area contributed by atoms with Crippen LogP contribution in [0.2, 0.25) is 0 Å². The Morgan fingerprint density at radius 2 is 1.91 bits per heavy atom. The lowest BCUT2D eigenvalue weighted by Gasteiger charge is -2.11. The smallest absolute Gasteiger partial charge is 0.185 e. The fraction of sp³-hybridized carbons (Fsp3) is 0.179. The molecule has 2 heterocycles. The summed E-state index contributed by atoms with van der Waals surface area (Å²) < 4.78 is 21.9. The Hall–Kier alpha value is -4.02. The molecule has 5 nitrogen and oxygen atoms in total. The van der Waals surface area contributed by atoms with Gasteiger partial charge < -0.3 is 4.74 Å². The van der Waals surface area contributed by atoms with E-state index < -0.39 is 0 Å². The monoisotopic (exact) mass is 482 g/mol. The second-order valence-electron chi connectivity index (χ2n) is 8.25. The molecule has 0 fully saturated rings. The summed E-state index contributed by atoms with van der Waals surface area (Å²) in [4.78, 5) is 0. The standard InChI is InChI=1S/C28H23FN4OS/c1-3-6-21(16-26-30-32-33-31-26)20-10-12-22(13-11-20)34-17-19-9-14-25-24(15-19)27(28(29)35-25)23-8-5-4-7-18(23)2/h4-5,7-15,21H,16-17H2,1-2H3,(H,30,31,32,33). The first kappa shape index (κ1) is 22.8. The van der Waals surface area contributed by atoms with Crippen LogP contribution >= 0.6 is 11.3 Å². The summed E-state index contributed by atoms with van der Waals surface area (Å²) in [6.45, 7) is 4.22. The fourth-order valence-corrected chi connectivity index (χ4v) is 5.08. The molecule has 5 rings (SSSR count). The zero-order valence-corrected chi connectivity index (χ0v) is 20.2. The molecule has 0 saturated heterocycles. The number of hydrogen-bond acceptors (Lipinski definition) is 5. The van der Waals surface area contributed by atoms with Crippen LogP contribution in [0.5, 0.6) is 5.75 Å². The number of halogens is 1. The molecule has 1 unspecified atom stereocenters. The van der Waals surface area contributed by atoms with E-state index in [9.17, 15) is 4.39 Å². The number of tetrazole rings is 1. The Morgan fingerprint density at radius 3 is 2.66 bits per heavy atom. The Kier molecular flexibility index (Phi) is 6.55. The molecule has 1 N–H and O–H groups in total. The van der Waals surface area contributed by atoms with Gasteiger partial charge in [-0.2, -0.15) is 4.39 Å². The Morgan fingerprint density at radius 1 is 1.09 bits per heavy atom. The summed E-state index contributed by atoms with van der Waals surface area (Å²) >= 11 is 1.18. The van der Waals surface area contributed by atoms with Gasteiger partial charge >= 0.3 is 0 Å². The zero-order chi connectivity index (χ0) is 24.2. The van der Waals surface area contributed by atoms with Crippen molar-refractivity contribution < 1.29 is 9.13 Å². The fourth-order valence-electron chi connectivity index (χ4n) is 4.16. The third kappa shape index (κ3) is 4.93. The summed E-state index contributed by atoms with van der Waals surface area (Å²) in [5.74, 6) is 7.65. The summed E-state index contributed by atoms with van der Waals surface area (Å²) in [7, 11) is 0. The van der Waals surface area contributed by atoms with E-state index >= 15 is 0 Å². The van der Waals surface area contributed by atoms with Crippen molar-refractivity contribution >= 4 is 21.4 Å². The minimum atomic E-state index is -0.159. The van der Waals surface area contributed by atoms with Crippen LogP contribution in [0.15, 0.2) is 66.7 Å². The average molecular weight is 483 g/mol. The second kappa shape index (κ2) is 10.1. The molecule has 7 heteroatoms. The molecule has 174 valence electrons. The van der Waals surface area contributed by atoms with Gasteiger partial charge in [-0.25, -0.2) is 5.10 Å². The third-order valence-electron chi connectivity index (χ3n) is 5.92. The van der Waals surface area contributed by atoms with Gasteiger partial charge in [-0.15, -0.1) is 22.4 Å². The first-order chi connectivity index (χ1) is 17.1. The van der Waals surface area contributed by atoms with Gasteiger partial charge in [-0.05, 0) is 70.8 Å². The molecule has 2 aromatic heterocycles. The van der Waals surface area contributed by atoms with Gasteiger partial charge in [0.25, 0.3) is 0 Å². The summed E-state index contributed by atoms with van der Waals surface area (Å²) in [6, 6.07) is 21.8. The lowest BCUT2D eigenvalue weighted by atomic mass is 9.96. The molecule has 0 aliphatic carbocycles. The van der Waals surface area contributed by atoms with Crippen molar-refractivity contribution in [1.29, 1.82) is 0 Å². The summed E-state index contributed by atoms with van der Waals surface area (Å²) in [5.41, 5.74) is 4.71. The molecule has 0 saturated carbocycles. The first-order valence-electron chi connectivity index (χ1n) is 11.3. The molecule has 1 atom stereocenters. The van der Waals surface area contributed by atoms with Gasteiger partial charge in [0.2, 0.25) is 0 Å². The van der Waals surface area contributed by atoms with E-state index in [2.05, 4.69) is 32.5 Å². The van der Waals surface area contributed by atoms with E-state index in [4.69, 9.17) is 4.74 Å². The molecule has 0 spiro atoms. The molecule has 0 amide bonds. The van der Waals surface area contributed by atoms with Crippen LogP contribution in [0.4, 0.5) is 4.39 Å². The number of benzene rings is 3. The van der Waals surface area contributed by atoms with Gasteiger partial charge in [-0.1, -0.05) is 48.4 Å². The van der Waals surface area contributed by atoms with E-state index in [0.29, 0.717) is 24.4 Å². The van der Waals surface area contributed by atoms with Gasteiger partial charge in [0.15, 0.2) is 5.13 Å².